The second-order valence-corrected chi connectivity index (χ2v) is 6.98. The third kappa shape index (κ3) is 4.44. The van der Waals surface area contributed by atoms with E-state index >= 15 is 0 Å². The summed E-state index contributed by atoms with van der Waals surface area (Å²) >= 11 is -2.04. The monoisotopic (exact) mass is 355 g/mol. The fourth-order valence-corrected chi connectivity index (χ4v) is 2.79. The van der Waals surface area contributed by atoms with E-state index in [1.807, 2.05) is 0 Å². The summed E-state index contributed by atoms with van der Waals surface area (Å²) in [6.07, 6.45) is -3.59. The van der Waals surface area contributed by atoms with Crippen LogP contribution in [0.25, 0.3) is 0 Å². The van der Waals surface area contributed by atoms with Crippen molar-refractivity contribution in [3.05, 3.63) is 18.2 Å². The Hall–Kier alpha value is -1.62. The summed E-state index contributed by atoms with van der Waals surface area (Å²) in [5.74, 6) is 0. The molecule has 2 heterocycles. The lowest BCUT2D eigenvalue weighted by molar-refractivity contribution is -0.141. The van der Waals surface area contributed by atoms with Crippen LogP contribution >= 0.6 is 0 Å². The van der Waals surface area contributed by atoms with Crippen LogP contribution in [-0.4, -0.2) is 42.4 Å². The molecule has 0 radical (unpaired) electrons. The van der Waals surface area contributed by atoms with Crippen LogP contribution in [0, 0.1) is 0 Å². The molecule has 1 aromatic heterocycles. The van der Waals surface area contributed by atoms with Gasteiger partial charge in [0.15, 0.2) is 5.69 Å². The predicted octanol–water partition coefficient (Wildman–Crippen LogP) is 2.12. The third-order valence-electron chi connectivity index (χ3n) is 2.77. The smallest absolute Gasteiger partial charge is 0.434 e. The molecule has 2 unspecified atom stereocenters. The van der Waals surface area contributed by atoms with Gasteiger partial charge in [-0.2, -0.15) is 17.5 Å². The van der Waals surface area contributed by atoms with E-state index in [-0.39, 0.29) is 13.2 Å². The van der Waals surface area contributed by atoms with Crippen molar-refractivity contribution in [3.8, 4) is 0 Å². The molecule has 2 rings (SSSR count). The van der Waals surface area contributed by atoms with Gasteiger partial charge in [0, 0.05) is 12.7 Å². The van der Waals surface area contributed by atoms with Gasteiger partial charge in [-0.05, 0) is 20.8 Å². The van der Waals surface area contributed by atoms with E-state index in [1.54, 1.807) is 20.8 Å². The SMILES string of the molecule is CC(C)(C)OC(=O)N1C(Cn2cnc(C(F)(F)F)c2)COS1=O. The van der Waals surface area contributed by atoms with Gasteiger partial charge < -0.3 is 9.30 Å². The average molecular weight is 355 g/mol. The van der Waals surface area contributed by atoms with Gasteiger partial charge in [0.1, 0.15) is 5.60 Å². The third-order valence-corrected chi connectivity index (χ3v) is 3.88. The molecular formula is C12H16F3N3O4S. The van der Waals surface area contributed by atoms with E-state index in [4.69, 9.17) is 8.92 Å². The fraction of sp³-hybridized carbons (Fsp3) is 0.667. The molecule has 23 heavy (non-hydrogen) atoms. The van der Waals surface area contributed by atoms with Gasteiger partial charge in [-0.3, -0.25) is 4.18 Å². The number of nitrogens with zero attached hydrogens (tertiary/aromatic N) is 3. The molecule has 130 valence electrons. The van der Waals surface area contributed by atoms with E-state index in [0.29, 0.717) is 0 Å². The molecule has 0 saturated carbocycles. The van der Waals surface area contributed by atoms with Gasteiger partial charge in [0.05, 0.1) is 19.0 Å². The highest BCUT2D eigenvalue weighted by Gasteiger charge is 2.40. The normalized spacial score (nSPS) is 22.4. The van der Waals surface area contributed by atoms with Crippen LogP contribution < -0.4 is 0 Å². The maximum absolute atomic E-state index is 12.5. The Morgan fingerprint density at radius 2 is 2.13 bits per heavy atom. The highest BCUT2D eigenvalue weighted by molar-refractivity contribution is 7.78. The molecule has 1 aliphatic rings. The van der Waals surface area contributed by atoms with Crippen molar-refractivity contribution in [2.75, 3.05) is 6.61 Å². The van der Waals surface area contributed by atoms with Gasteiger partial charge >= 0.3 is 12.3 Å². The predicted molar refractivity (Wildman–Crippen MR) is 73.2 cm³/mol. The number of alkyl halides is 3. The maximum atomic E-state index is 12.5. The Morgan fingerprint density at radius 3 is 2.65 bits per heavy atom. The molecule has 11 heteroatoms. The summed E-state index contributed by atoms with van der Waals surface area (Å²) in [6, 6.07) is -0.721. The number of ether oxygens (including phenoxy) is 1. The number of hydrogen-bond acceptors (Lipinski definition) is 5. The lowest BCUT2D eigenvalue weighted by Gasteiger charge is -2.25. The van der Waals surface area contributed by atoms with Crippen LogP contribution in [0.5, 0.6) is 0 Å². The van der Waals surface area contributed by atoms with Crippen LogP contribution in [0.2, 0.25) is 0 Å². The quantitative estimate of drug-likeness (QED) is 0.812. The van der Waals surface area contributed by atoms with Gasteiger partial charge in [-0.1, -0.05) is 0 Å². The molecule has 0 spiro atoms. The second-order valence-electron chi connectivity index (χ2n) is 5.92. The highest BCUT2D eigenvalue weighted by Crippen LogP contribution is 2.28. The van der Waals surface area contributed by atoms with Crippen molar-refractivity contribution in [1.82, 2.24) is 13.9 Å². The molecule has 1 fully saturated rings. The lowest BCUT2D eigenvalue weighted by Crippen LogP contribution is -2.42. The number of aromatic nitrogens is 2. The molecule has 0 bridgehead atoms. The molecule has 0 N–H and O–H groups in total. The van der Waals surface area contributed by atoms with Crippen molar-refractivity contribution < 1.29 is 31.1 Å². The number of imidazole rings is 1. The standard InChI is InChI=1S/C12H16F3N3O4S/c1-11(2,3)22-10(19)18-8(6-21-23(18)20)4-17-5-9(16-7-17)12(13,14)15/h5,7-8H,4,6H2,1-3H3. The number of carbonyl (C=O) groups is 1. The van der Waals surface area contributed by atoms with E-state index in [2.05, 4.69) is 4.98 Å². The van der Waals surface area contributed by atoms with Gasteiger partial charge in [0.2, 0.25) is 0 Å². The Bertz CT molecular complexity index is 611. The molecule has 0 aliphatic carbocycles. The fourth-order valence-electron chi connectivity index (χ4n) is 1.88. The number of hydrogen-bond donors (Lipinski definition) is 0. The molecule has 1 amide bonds. The zero-order valence-corrected chi connectivity index (χ0v) is 13.5. The summed E-state index contributed by atoms with van der Waals surface area (Å²) in [5, 5.41) is 0. The minimum Gasteiger partial charge on any atom is -0.443 e. The van der Waals surface area contributed by atoms with Crippen LogP contribution in [0.3, 0.4) is 0 Å². The van der Waals surface area contributed by atoms with E-state index in [9.17, 15) is 22.2 Å². The van der Waals surface area contributed by atoms with Gasteiger partial charge in [0.25, 0.3) is 11.3 Å². The van der Waals surface area contributed by atoms with E-state index in [1.165, 1.54) is 0 Å². The minimum absolute atomic E-state index is 0.0476. The Kier molecular flexibility index (Phi) is 4.71. The molecule has 1 aliphatic heterocycles. The number of carbonyl (C=O) groups excluding carboxylic acids is 1. The molecule has 1 saturated heterocycles. The number of halogens is 3. The van der Waals surface area contributed by atoms with Gasteiger partial charge in [-0.15, -0.1) is 0 Å². The van der Waals surface area contributed by atoms with Crippen molar-refractivity contribution >= 4 is 17.4 Å². The molecule has 1 aromatic rings. The maximum Gasteiger partial charge on any atom is 0.434 e. The lowest BCUT2D eigenvalue weighted by atomic mass is 10.2. The summed E-state index contributed by atoms with van der Waals surface area (Å²) in [4.78, 5) is 15.3. The van der Waals surface area contributed by atoms with Crippen LogP contribution in [0.4, 0.5) is 18.0 Å². The van der Waals surface area contributed by atoms with Crippen molar-refractivity contribution in [1.29, 1.82) is 0 Å². The summed E-state index contributed by atoms with van der Waals surface area (Å²) < 4.78 is 61.4. The van der Waals surface area contributed by atoms with Crippen LogP contribution in [0.1, 0.15) is 26.5 Å². The van der Waals surface area contributed by atoms with Crippen molar-refractivity contribution in [2.45, 2.75) is 45.1 Å². The summed E-state index contributed by atoms with van der Waals surface area (Å²) in [6.45, 7) is 4.81. The number of rotatable bonds is 2. The average Bonchev–Trinajstić information content (AvgIpc) is 2.94. The first kappa shape index (κ1) is 17.7. The summed E-state index contributed by atoms with van der Waals surface area (Å²) in [5.41, 5.74) is -1.84. The first-order valence-electron chi connectivity index (χ1n) is 6.64. The molecule has 0 aromatic carbocycles. The zero-order chi connectivity index (χ0) is 17.4. The first-order chi connectivity index (χ1) is 10.5. The zero-order valence-electron chi connectivity index (χ0n) is 12.7. The largest absolute Gasteiger partial charge is 0.443 e. The van der Waals surface area contributed by atoms with Crippen molar-refractivity contribution in [2.24, 2.45) is 0 Å². The molecule has 7 nitrogen and oxygen atoms in total. The van der Waals surface area contributed by atoms with Crippen LogP contribution in [-0.2, 0) is 32.9 Å². The minimum atomic E-state index is -4.55. The molecular weight excluding hydrogens is 339 g/mol. The van der Waals surface area contributed by atoms with E-state index in [0.717, 1.165) is 21.4 Å². The number of amides is 1. The summed E-state index contributed by atoms with van der Waals surface area (Å²) in [7, 11) is 0. The second kappa shape index (κ2) is 6.11. The molecule has 2 atom stereocenters. The highest BCUT2D eigenvalue weighted by atomic mass is 32.2. The van der Waals surface area contributed by atoms with E-state index < -0.39 is 40.9 Å². The Morgan fingerprint density at radius 1 is 1.48 bits per heavy atom. The van der Waals surface area contributed by atoms with Crippen molar-refractivity contribution in [3.63, 3.8) is 0 Å². The first-order valence-corrected chi connectivity index (χ1v) is 7.67. The van der Waals surface area contributed by atoms with Crippen LogP contribution in [0.15, 0.2) is 12.5 Å². The topological polar surface area (TPSA) is 73.7 Å². The van der Waals surface area contributed by atoms with Gasteiger partial charge in [-0.25, -0.2) is 14.0 Å². The Labute approximate surface area is 133 Å². The Balaban J connectivity index is 2.10.